The van der Waals surface area contributed by atoms with Crippen LogP contribution in [0.2, 0.25) is 0 Å². The number of carbonyl (C=O) groups is 2. The molecule has 2 aliphatic rings. The highest BCUT2D eigenvalue weighted by atomic mass is 16.4. The van der Waals surface area contributed by atoms with E-state index in [-0.39, 0.29) is 12.6 Å². The maximum absolute atomic E-state index is 12.0. The summed E-state index contributed by atoms with van der Waals surface area (Å²) in [6.45, 7) is 1.04. The molecule has 5 nitrogen and oxygen atoms in total. The lowest BCUT2D eigenvalue weighted by Gasteiger charge is -2.29. The molecule has 2 N–H and O–H groups in total. The zero-order valence-electron chi connectivity index (χ0n) is 12.4. The van der Waals surface area contributed by atoms with Gasteiger partial charge in [-0.3, -0.25) is 4.79 Å². The molecular weight excluding hydrogens is 256 g/mol. The van der Waals surface area contributed by atoms with Crippen molar-refractivity contribution < 1.29 is 14.7 Å². The van der Waals surface area contributed by atoms with Gasteiger partial charge in [0.05, 0.1) is 5.41 Å². The third kappa shape index (κ3) is 3.87. The van der Waals surface area contributed by atoms with Crippen LogP contribution in [0.4, 0.5) is 4.79 Å². The van der Waals surface area contributed by atoms with Crippen molar-refractivity contribution in [3.8, 4) is 0 Å². The molecule has 0 unspecified atom stereocenters. The quantitative estimate of drug-likeness (QED) is 0.761. The van der Waals surface area contributed by atoms with Crippen LogP contribution in [0.25, 0.3) is 0 Å². The topological polar surface area (TPSA) is 69.6 Å². The van der Waals surface area contributed by atoms with E-state index in [0.29, 0.717) is 18.8 Å². The molecule has 0 radical (unpaired) electrons. The first-order chi connectivity index (χ1) is 9.53. The van der Waals surface area contributed by atoms with Crippen LogP contribution in [-0.4, -0.2) is 42.1 Å². The average Bonchev–Trinajstić information content (AvgIpc) is 3.22. The van der Waals surface area contributed by atoms with Crippen molar-refractivity contribution in [2.24, 2.45) is 11.3 Å². The van der Waals surface area contributed by atoms with Crippen LogP contribution in [-0.2, 0) is 4.79 Å². The van der Waals surface area contributed by atoms with Crippen LogP contribution in [0.1, 0.15) is 51.4 Å². The minimum Gasteiger partial charge on any atom is -0.481 e. The molecule has 0 aromatic carbocycles. The first kappa shape index (κ1) is 15.1. The zero-order valence-corrected chi connectivity index (χ0v) is 12.4. The van der Waals surface area contributed by atoms with E-state index in [4.69, 9.17) is 0 Å². The van der Waals surface area contributed by atoms with Crippen LogP contribution in [0.3, 0.4) is 0 Å². The van der Waals surface area contributed by atoms with E-state index in [2.05, 4.69) is 5.32 Å². The maximum atomic E-state index is 12.0. The minimum atomic E-state index is -0.760. The summed E-state index contributed by atoms with van der Waals surface area (Å²) in [5.41, 5.74) is -0.757. The molecule has 0 heterocycles. The third-order valence-corrected chi connectivity index (χ3v) is 4.67. The molecule has 0 spiro atoms. The van der Waals surface area contributed by atoms with Gasteiger partial charge in [0.15, 0.2) is 0 Å². The second-order valence-electron chi connectivity index (χ2n) is 6.48. The van der Waals surface area contributed by atoms with Crippen LogP contribution < -0.4 is 5.32 Å². The minimum absolute atomic E-state index is 0.137. The SMILES string of the molecule is CN(CC1CC1)C(=O)NCC1(C(=O)O)CCCCCC1. The zero-order chi connectivity index (χ0) is 14.6. The van der Waals surface area contributed by atoms with Gasteiger partial charge in [-0.2, -0.15) is 0 Å². The normalized spacial score (nSPS) is 21.9. The molecule has 2 fully saturated rings. The highest BCUT2D eigenvalue weighted by Crippen LogP contribution is 2.35. The van der Waals surface area contributed by atoms with E-state index in [1.807, 2.05) is 0 Å². The molecule has 5 heteroatoms. The summed E-state index contributed by atoms with van der Waals surface area (Å²) in [6.07, 6.45) is 7.85. The molecule has 0 bridgehead atoms. The van der Waals surface area contributed by atoms with Crippen LogP contribution in [0, 0.1) is 11.3 Å². The monoisotopic (exact) mass is 282 g/mol. The van der Waals surface area contributed by atoms with Gasteiger partial charge < -0.3 is 15.3 Å². The van der Waals surface area contributed by atoms with E-state index in [1.54, 1.807) is 11.9 Å². The van der Waals surface area contributed by atoms with E-state index in [1.165, 1.54) is 12.8 Å². The molecule has 2 amide bonds. The number of hydrogen-bond donors (Lipinski definition) is 2. The predicted molar refractivity (Wildman–Crippen MR) is 76.5 cm³/mol. The number of nitrogens with zero attached hydrogens (tertiary/aromatic N) is 1. The van der Waals surface area contributed by atoms with Gasteiger partial charge in [-0.1, -0.05) is 25.7 Å². The van der Waals surface area contributed by atoms with Crippen molar-refractivity contribution in [3.05, 3.63) is 0 Å². The van der Waals surface area contributed by atoms with Gasteiger partial charge in [-0.15, -0.1) is 0 Å². The van der Waals surface area contributed by atoms with Gasteiger partial charge in [0.2, 0.25) is 0 Å². The number of urea groups is 1. The number of carboxylic acids is 1. The lowest BCUT2D eigenvalue weighted by Crippen LogP contribution is -2.47. The Morgan fingerprint density at radius 1 is 1.20 bits per heavy atom. The number of amides is 2. The third-order valence-electron chi connectivity index (χ3n) is 4.67. The van der Waals surface area contributed by atoms with Crippen molar-refractivity contribution in [2.75, 3.05) is 20.1 Å². The second kappa shape index (κ2) is 6.46. The lowest BCUT2D eigenvalue weighted by molar-refractivity contribution is -0.149. The molecule has 2 aliphatic carbocycles. The Hall–Kier alpha value is -1.26. The largest absolute Gasteiger partial charge is 0.481 e. The first-order valence-electron chi connectivity index (χ1n) is 7.76. The number of aliphatic carboxylic acids is 1. The Bertz CT molecular complexity index is 358. The summed E-state index contributed by atoms with van der Waals surface area (Å²) < 4.78 is 0. The van der Waals surface area contributed by atoms with Crippen molar-refractivity contribution in [2.45, 2.75) is 51.4 Å². The first-order valence-corrected chi connectivity index (χ1v) is 7.76. The van der Waals surface area contributed by atoms with Gasteiger partial charge in [0.1, 0.15) is 0 Å². The standard InChI is InChI=1S/C15H26N2O3/c1-17(10-12-6-7-12)14(20)16-11-15(13(18)19)8-4-2-3-5-9-15/h12H,2-11H2,1H3,(H,16,20)(H,18,19). The van der Waals surface area contributed by atoms with Crippen molar-refractivity contribution in [3.63, 3.8) is 0 Å². The average molecular weight is 282 g/mol. The molecule has 114 valence electrons. The van der Waals surface area contributed by atoms with E-state index >= 15 is 0 Å². The molecule has 0 aromatic heterocycles. The Morgan fingerprint density at radius 3 is 2.30 bits per heavy atom. The van der Waals surface area contributed by atoms with Gasteiger partial charge in [0, 0.05) is 20.1 Å². The molecular formula is C15H26N2O3. The Balaban J connectivity index is 1.87. The van der Waals surface area contributed by atoms with Crippen molar-refractivity contribution in [1.82, 2.24) is 10.2 Å². The van der Waals surface area contributed by atoms with Gasteiger partial charge in [-0.05, 0) is 31.6 Å². The number of nitrogens with one attached hydrogen (secondary N) is 1. The summed E-state index contributed by atoms with van der Waals surface area (Å²) in [7, 11) is 1.79. The smallest absolute Gasteiger partial charge is 0.317 e. The van der Waals surface area contributed by atoms with Gasteiger partial charge >= 0.3 is 12.0 Å². The second-order valence-corrected chi connectivity index (χ2v) is 6.48. The molecule has 20 heavy (non-hydrogen) atoms. The highest BCUT2D eigenvalue weighted by molar-refractivity contribution is 5.78. The molecule has 0 saturated heterocycles. The summed E-state index contributed by atoms with van der Waals surface area (Å²) in [4.78, 5) is 25.3. The summed E-state index contributed by atoms with van der Waals surface area (Å²) in [6, 6.07) is -0.137. The summed E-state index contributed by atoms with van der Waals surface area (Å²) in [5, 5.41) is 12.4. The fourth-order valence-corrected chi connectivity index (χ4v) is 3.02. The highest BCUT2D eigenvalue weighted by Gasteiger charge is 2.39. The van der Waals surface area contributed by atoms with Crippen molar-refractivity contribution in [1.29, 1.82) is 0 Å². The Kier molecular flexibility index (Phi) is 4.89. The molecule has 0 aromatic rings. The van der Waals surface area contributed by atoms with E-state index in [0.717, 1.165) is 32.2 Å². The van der Waals surface area contributed by atoms with Gasteiger partial charge in [-0.25, -0.2) is 4.79 Å². The molecule has 2 saturated carbocycles. The van der Waals surface area contributed by atoms with Crippen molar-refractivity contribution >= 4 is 12.0 Å². The number of hydrogen-bond acceptors (Lipinski definition) is 2. The fourth-order valence-electron chi connectivity index (χ4n) is 3.02. The Morgan fingerprint density at radius 2 is 1.80 bits per heavy atom. The molecule has 2 rings (SSSR count). The predicted octanol–water partition coefficient (Wildman–Crippen LogP) is 2.46. The van der Waals surface area contributed by atoms with Crippen LogP contribution >= 0.6 is 0 Å². The van der Waals surface area contributed by atoms with E-state index in [9.17, 15) is 14.7 Å². The maximum Gasteiger partial charge on any atom is 0.317 e. The number of rotatable bonds is 5. The van der Waals surface area contributed by atoms with Gasteiger partial charge in [0.25, 0.3) is 0 Å². The fraction of sp³-hybridized carbons (Fsp3) is 0.867. The molecule has 0 aliphatic heterocycles. The summed E-state index contributed by atoms with van der Waals surface area (Å²) in [5.74, 6) is -0.110. The Labute approximate surface area is 120 Å². The van der Waals surface area contributed by atoms with E-state index < -0.39 is 11.4 Å². The number of carbonyl (C=O) groups excluding carboxylic acids is 1. The molecule has 0 atom stereocenters. The van der Waals surface area contributed by atoms with Crippen LogP contribution in [0.5, 0.6) is 0 Å². The number of carboxylic acid groups (broad SMARTS) is 1. The van der Waals surface area contributed by atoms with Crippen LogP contribution in [0.15, 0.2) is 0 Å². The summed E-state index contributed by atoms with van der Waals surface area (Å²) >= 11 is 0. The lowest BCUT2D eigenvalue weighted by atomic mass is 9.80.